The van der Waals surface area contributed by atoms with Gasteiger partial charge in [-0.2, -0.15) is 0 Å². The Kier molecular flexibility index (Phi) is 7.76. The van der Waals surface area contributed by atoms with E-state index in [1.165, 1.54) is 0 Å². The van der Waals surface area contributed by atoms with Crippen LogP contribution < -0.4 is 4.74 Å². The Morgan fingerprint density at radius 3 is 2.14 bits per heavy atom. The SMILES string of the molecule is COc1ccc(COC[C@H](C)[C@H](O[Si](C)(C)C(C)(C)C)[C@@H](C)[C@@H]2O[C@@H]2C)cc1. The second kappa shape index (κ2) is 9.29. The van der Waals surface area contributed by atoms with Crippen LogP contribution in [-0.2, 0) is 20.5 Å². The summed E-state index contributed by atoms with van der Waals surface area (Å²) >= 11 is 0. The monoisotopic (exact) mass is 408 g/mol. The Balaban J connectivity index is 1.98. The maximum Gasteiger partial charge on any atom is 0.192 e. The number of benzene rings is 1. The van der Waals surface area contributed by atoms with Crippen molar-refractivity contribution in [3.63, 3.8) is 0 Å². The van der Waals surface area contributed by atoms with Gasteiger partial charge in [0.1, 0.15) is 5.75 Å². The highest BCUT2D eigenvalue weighted by Gasteiger charge is 2.47. The van der Waals surface area contributed by atoms with Crippen molar-refractivity contribution in [3.8, 4) is 5.75 Å². The second-order valence-electron chi connectivity index (χ2n) is 9.85. The lowest BCUT2D eigenvalue weighted by Gasteiger charge is -2.42. The normalized spacial score (nSPS) is 23.2. The van der Waals surface area contributed by atoms with E-state index in [1.54, 1.807) is 7.11 Å². The fraction of sp³-hybridized carbons (Fsp3) is 0.739. The van der Waals surface area contributed by atoms with Crippen molar-refractivity contribution in [1.82, 2.24) is 0 Å². The van der Waals surface area contributed by atoms with Gasteiger partial charge in [0.25, 0.3) is 0 Å². The van der Waals surface area contributed by atoms with Crippen LogP contribution in [0.1, 0.15) is 47.1 Å². The van der Waals surface area contributed by atoms with Gasteiger partial charge in [0.15, 0.2) is 8.32 Å². The van der Waals surface area contributed by atoms with Crippen molar-refractivity contribution >= 4 is 8.32 Å². The fourth-order valence-electron chi connectivity index (χ4n) is 3.38. The summed E-state index contributed by atoms with van der Waals surface area (Å²) in [6, 6.07) is 8.05. The highest BCUT2D eigenvalue weighted by molar-refractivity contribution is 6.74. The molecule has 2 rings (SSSR count). The number of methoxy groups -OCH3 is 1. The van der Waals surface area contributed by atoms with Gasteiger partial charge >= 0.3 is 0 Å². The van der Waals surface area contributed by atoms with Crippen LogP contribution in [0.5, 0.6) is 5.75 Å². The first-order valence-corrected chi connectivity index (χ1v) is 13.4. The van der Waals surface area contributed by atoms with Gasteiger partial charge in [0, 0.05) is 11.8 Å². The molecule has 0 unspecified atom stereocenters. The summed E-state index contributed by atoms with van der Waals surface area (Å²) < 4.78 is 23.9. The van der Waals surface area contributed by atoms with Gasteiger partial charge < -0.3 is 18.6 Å². The second-order valence-corrected chi connectivity index (χ2v) is 14.6. The number of rotatable bonds is 10. The molecular weight excluding hydrogens is 368 g/mol. The van der Waals surface area contributed by atoms with Crippen molar-refractivity contribution in [2.45, 2.75) is 84.6 Å². The molecule has 0 spiro atoms. The van der Waals surface area contributed by atoms with Gasteiger partial charge in [-0.15, -0.1) is 0 Å². The summed E-state index contributed by atoms with van der Waals surface area (Å²) in [6.07, 6.45) is 0.790. The molecule has 1 aliphatic heterocycles. The van der Waals surface area contributed by atoms with E-state index in [0.717, 1.165) is 11.3 Å². The molecule has 1 aromatic rings. The lowest BCUT2D eigenvalue weighted by Crippen LogP contribution is -2.49. The van der Waals surface area contributed by atoms with E-state index in [1.807, 2.05) is 12.1 Å². The summed E-state index contributed by atoms with van der Waals surface area (Å²) in [5.74, 6) is 1.54. The topological polar surface area (TPSA) is 40.2 Å². The average Bonchev–Trinajstić information content (AvgIpc) is 3.35. The van der Waals surface area contributed by atoms with E-state index < -0.39 is 8.32 Å². The molecule has 160 valence electrons. The number of epoxide rings is 1. The van der Waals surface area contributed by atoms with Crippen molar-refractivity contribution in [1.29, 1.82) is 0 Å². The smallest absolute Gasteiger partial charge is 0.192 e. The highest BCUT2D eigenvalue weighted by atomic mass is 28.4. The summed E-state index contributed by atoms with van der Waals surface area (Å²) in [6.45, 7) is 19.5. The van der Waals surface area contributed by atoms with Gasteiger partial charge in [-0.25, -0.2) is 0 Å². The lowest BCUT2D eigenvalue weighted by molar-refractivity contribution is 0.00478. The van der Waals surface area contributed by atoms with E-state index in [-0.39, 0.29) is 11.1 Å². The van der Waals surface area contributed by atoms with E-state index in [4.69, 9.17) is 18.6 Å². The largest absolute Gasteiger partial charge is 0.497 e. The van der Waals surface area contributed by atoms with Crippen LogP contribution in [0.3, 0.4) is 0 Å². The molecule has 1 saturated heterocycles. The minimum Gasteiger partial charge on any atom is -0.497 e. The summed E-state index contributed by atoms with van der Waals surface area (Å²) in [5.41, 5.74) is 1.15. The minimum absolute atomic E-state index is 0.145. The van der Waals surface area contributed by atoms with Crippen LogP contribution in [-0.4, -0.2) is 40.3 Å². The minimum atomic E-state index is -1.87. The Morgan fingerprint density at radius 1 is 1.11 bits per heavy atom. The van der Waals surface area contributed by atoms with E-state index in [0.29, 0.717) is 37.3 Å². The molecule has 0 amide bonds. The first-order chi connectivity index (χ1) is 13.0. The Hall–Kier alpha value is -0.883. The zero-order valence-corrected chi connectivity index (χ0v) is 20.2. The van der Waals surface area contributed by atoms with Crippen LogP contribution in [0.25, 0.3) is 0 Å². The molecular formula is C23H40O4Si. The summed E-state index contributed by atoms with van der Waals surface area (Å²) in [5, 5.41) is 0.185. The third-order valence-electron chi connectivity index (χ3n) is 6.40. The molecule has 28 heavy (non-hydrogen) atoms. The van der Waals surface area contributed by atoms with Gasteiger partial charge in [-0.05, 0) is 42.8 Å². The molecule has 0 radical (unpaired) electrons. The molecule has 4 nitrogen and oxygen atoms in total. The Morgan fingerprint density at radius 2 is 1.68 bits per heavy atom. The molecule has 1 aliphatic rings. The fourth-order valence-corrected chi connectivity index (χ4v) is 4.86. The predicted molar refractivity (Wildman–Crippen MR) is 117 cm³/mol. The quantitative estimate of drug-likeness (QED) is 0.370. The van der Waals surface area contributed by atoms with Crippen molar-refractivity contribution in [3.05, 3.63) is 29.8 Å². The number of hydrogen-bond acceptors (Lipinski definition) is 4. The van der Waals surface area contributed by atoms with Gasteiger partial charge in [-0.3, -0.25) is 0 Å². The molecule has 5 atom stereocenters. The van der Waals surface area contributed by atoms with Gasteiger partial charge in [0.05, 0.1) is 38.6 Å². The highest BCUT2D eigenvalue weighted by Crippen LogP contribution is 2.41. The maximum absolute atomic E-state index is 6.87. The Bertz CT molecular complexity index is 608. The lowest BCUT2D eigenvalue weighted by atomic mass is 9.90. The van der Waals surface area contributed by atoms with Crippen molar-refractivity contribution in [2.24, 2.45) is 11.8 Å². The van der Waals surface area contributed by atoms with E-state index >= 15 is 0 Å². The van der Waals surface area contributed by atoms with Crippen molar-refractivity contribution in [2.75, 3.05) is 13.7 Å². The third kappa shape index (κ3) is 6.06. The van der Waals surface area contributed by atoms with Gasteiger partial charge in [-0.1, -0.05) is 46.8 Å². The maximum atomic E-state index is 6.87. The molecule has 0 N–H and O–H groups in total. The molecule has 1 heterocycles. The third-order valence-corrected chi connectivity index (χ3v) is 10.9. The molecule has 1 fully saturated rings. The first-order valence-electron chi connectivity index (χ1n) is 10.5. The van der Waals surface area contributed by atoms with Crippen LogP contribution in [0, 0.1) is 11.8 Å². The predicted octanol–water partition coefficient (Wildman–Crippen LogP) is 5.66. The van der Waals surface area contributed by atoms with E-state index in [2.05, 4.69) is 66.8 Å². The average molecular weight is 409 g/mol. The molecule has 0 aromatic heterocycles. The molecule has 1 aromatic carbocycles. The standard InChI is InChI=1S/C23H40O4Si/c1-16(14-25-15-19-10-12-20(24-7)13-11-19)21(17(2)22-18(3)26-22)27-28(8,9)23(4,5)6/h10-13,16-18,21-22H,14-15H2,1-9H3/t16-,17+,18+,21-,22-/m0/s1. The number of ether oxygens (including phenoxy) is 3. The summed E-state index contributed by atoms with van der Waals surface area (Å²) in [7, 11) is -0.190. The first kappa shape index (κ1) is 23.4. The summed E-state index contributed by atoms with van der Waals surface area (Å²) in [4.78, 5) is 0. The Labute approximate surface area is 173 Å². The molecule has 0 aliphatic carbocycles. The van der Waals surface area contributed by atoms with Crippen LogP contribution in [0.2, 0.25) is 18.1 Å². The molecule has 0 saturated carbocycles. The van der Waals surface area contributed by atoms with Crippen LogP contribution in [0.15, 0.2) is 24.3 Å². The number of hydrogen-bond donors (Lipinski definition) is 0. The zero-order valence-electron chi connectivity index (χ0n) is 19.2. The molecule has 5 heteroatoms. The van der Waals surface area contributed by atoms with Crippen LogP contribution >= 0.6 is 0 Å². The van der Waals surface area contributed by atoms with Crippen LogP contribution in [0.4, 0.5) is 0 Å². The van der Waals surface area contributed by atoms with E-state index in [9.17, 15) is 0 Å². The molecule has 0 bridgehead atoms. The van der Waals surface area contributed by atoms with Gasteiger partial charge in [0.2, 0.25) is 0 Å². The zero-order chi connectivity index (χ0) is 21.1. The van der Waals surface area contributed by atoms with Crippen molar-refractivity contribution < 1.29 is 18.6 Å².